The van der Waals surface area contributed by atoms with Crippen LogP contribution in [0, 0.1) is 0 Å². The number of rotatable bonds is 5. The van der Waals surface area contributed by atoms with Crippen molar-refractivity contribution in [2.45, 2.75) is 82.3 Å². The molecular formula is C16H28N2O2S. The minimum atomic E-state index is -0.448. The third-order valence-corrected chi connectivity index (χ3v) is 5.17. The number of nitrogens with two attached hydrogens (primary N) is 1. The van der Waals surface area contributed by atoms with Gasteiger partial charge in [0.25, 0.3) is 0 Å². The van der Waals surface area contributed by atoms with Crippen molar-refractivity contribution in [3.05, 3.63) is 0 Å². The van der Waals surface area contributed by atoms with Gasteiger partial charge in [-0.15, -0.1) is 0 Å². The molecule has 2 aliphatic rings. The van der Waals surface area contributed by atoms with Crippen LogP contribution in [-0.4, -0.2) is 29.1 Å². The first kappa shape index (κ1) is 16.7. The van der Waals surface area contributed by atoms with Gasteiger partial charge < -0.3 is 15.8 Å². The lowest BCUT2D eigenvalue weighted by Crippen LogP contribution is -2.56. The third-order valence-electron chi connectivity index (χ3n) is 4.77. The zero-order valence-electron chi connectivity index (χ0n) is 12.9. The Morgan fingerprint density at radius 1 is 1.19 bits per heavy atom. The number of hydrogen-bond acceptors (Lipinski definition) is 3. The van der Waals surface area contributed by atoms with E-state index in [9.17, 15) is 4.79 Å². The summed E-state index contributed by atoms with van der Waals surface area (Å²) < 4.78 is 5.68. The molecule has 1 saturated carbocycles. The van der Waals surface area contributed by atoms with Gasteiger partial charge in [-0.1, -0.05) is 37.9 Å². The van der Waals surface area contributed by atoms with E-state index in [2.05, 4.69) is 5.32 Å². The van der Waals surface area contributed by atoms with E-state index in [0.29, 0.717) is 11.4 Å². The molecule has 1 unspecified atom stereocenters. The molecule has 0 aromatic carbocycles. The summed E-state index contributed by atoms with van der Waals surface area (Å²) in [5.41, 5.74) is 5.50. The van der Waals surface area contributed by atoms with Crippen LogP contribution in [-0.2, 0) is 9.53 Å². The van der Waals surface area contributed by atoms with Crippen molar-refractivity contribution in [1.29, 1.82) is 0 Å². The largest absolute Gasteiger partial charge is 0.391 e. The number of nitrogens with one attached hydrogen (secondary N) is 1. The van der Waals surface area contributed by atoms with E-state index in [1.807, 2.05) is 0 Å². The molecule has 0 bridgehead atoms. The minimum absolute atomic E-state index is 0.0684. The molecule has 1 aliphatic carbocycles. The molecule has 1 aliphatic heterocycles. The van der Waals surface area contributed by atoms with E-state index in [4.69, 9.17) is 22.7 Å². The molecule has 2 fully saturated rings. The lowest BCUT2D eigenvalue weighted by Gasteiger charge is -2.33. The molecular weight excluding hydrogens is 284 g/mol. The standard InChI is InChI=1S/C16H28N2O2S/c17-15(21)16(10-4-1-2-5-11-16)18-14(19)9-8-13-7-3-6-12-20-13/h13H,1-12H2,(H2,17,21)(H,18,19). The molecule has 1 saturated heterocycles. The van der Waals surface area contributed by atoms with Crippen molar-refractivity contribution in [1.82, 2.24) is 5.32 Å². The normalized spacial score (nSPS) is 25.8. The smallest absolute Gasteiger partial charge is 0.220 e. The van der Waals surface area contributed by atoms with Crippen molar-refractivity contribution < 1.29 is 9.53 Å². The van der Waals surface area contributed by atoms with E-state index in [0.717, 1.165) is 51.6 Å². The molecule has 1 amide bonds. The van der Waals surface area contributed by atoms with Crippen molar-refractivity contribution in [3.63, 3.8) is 0 Å². The molecule has 5 heteroatoms. The molecule has 1 atom stereocenters. The molecule has 2 rings (SSSR count). The van der Waals surface area contributed by atoms with Crippen LogP contribution in [0.25, 0.3) is 0 Å². The molecule has 0 radical (unpaired) electrons. The fourth-order valence-electron chi connectivity index (χ4n) is 3.42. The Morgan fingerprint density at radius 2 is 1.90 bits per heavy atom. The molecule has 3 N–H and O–H groups in total. The number of carbonyl (C=O) groups excluding carboxylic acids is 1. The molecule has 0 aromatic heterocycles. The van der Waals surface area contributed by atoms with Gasteiger partial charge in [-0.25, -0.2) is 0 Å². The number of thiocarbonyl (C=S) groups is 1. The number of carbonyl (C=O) groups is 1. The monoisotopic (exact) mass is 312 g/mol. The van der Waals surface area contributed by atoms with Crippen LogP contribution in [0.5, 0.6) is 0 Å². The van der Waals surface area contributed by atoms with E-state index < -0.39 is 5.54 Å². The van der Waals surface area contributed by atoms with Crippen molar-refractivity contribution in [3.8, 4) is 0 Å². The van der Waals surface area contributed by atoms with Gasteiger partial charge in [-0.2, -0.15) is 0 Å². The quantitative estimate of drug-likeness (QED) is 0.605. The van der Waals surface area contributed by atoms with E-state index >= 15 is 0 Å². The Bertz CT molecular complexity index is 359. The van der Waals surface area contributed by atoms with E-state index in [1.54, 1.807) is 0 Å². The highest BCUT2D eigenvalue weighted by molar-refractivity contribution is 7.80. The second-order valence-electron chi connectivity index (χ2n) is 6.44. The summed E-state index contributed by atoms with van der Waals surface area (Å²) in [6.45, 7) is 0.836. The van der Waals surface area contributed by atoms with Gasteiger partial charge in [0.05, 0.1) is 16.6 Å². The maximum Gasteiger partial charge on any atom is 0.220 e. The average Bonchev–Trinajstić information content (AvgIpc) is 2.73. The average molecular weight is 312 g/mol. The summed E-state index contributed by atoms with van der Waals surface area (Å²) in [4.78, 5) is 12.7. The molecule has 120 valence electrons. The first-order chi connectivity index (χ1) is 10.1. The highest BCUT2D eigenvalue weighted by Gasteiger charge is 2.35. The minimum Gasteiger partial charge on any atom is -0.391 e. The van der Waals surface area contributed by atoms with Crippen molar-refractivity contribution in [2.24, 2.45) is 5.73 Å². The summed E-state index contributed by atoms with van der Waals surface area (Å²) in [5.74, 6) is 0.0684. The van der Waals surface area contributed by atoms with E-state index in [-0.39, 0.29) is 12.0 Å². The van der Waals surface area contributed by atoms with Crippen molar-refractivity contribution >= 4 is 23.1 Å². The highest BCUT2D eigenvalue weighted by atomic mass is 32.1. The molecule has 1 heterocycles. The second kappa shape index (κ2) is 8.08. The van der Waals surface area contributed by atoms with Crippen LogP contribution in [0.4, 0.5) is 0 Å². The Balaban J connectivity index is 1.84. The Labute approximate surface area is 133 Å². The van der Waals surface area contributed by atoms with Crippen LogP contribution in [0.3, 0.4) is 0 Å². The Morgan fingerprint density at radius 3 is 2.48 bits per heavy atom. The summed E-state index contributed by atoms with van der Waals surface area (Å²) in [7, 11) is 0. The van der Waals surface area contributed by atoms with Gasteiger partial charge in [0.2, 0.25) is 5.91 Å². The lowest BCUT2D eigenvalue weighted by atomic mass is 9.89. The summed E-state index contributed by atoms with van der Waals surface area (Å²) in [5, 5.41) is 3.15. The van der Waals surface area contributed by atoms with Crippen LogP contribution in [0.1, 0.15) is 70.6 Å². The summed E-state index contributed by atoms with van der Waals surface area (Å²) in [6, 6.07) is 0. The summed E-state index contributed by atoms with van der Waals surface area (Å²) in [6.07, 6.45) is 11.3. The van der Waals surface area contributed by atoms with Crippen LogP contribution >= 0.6 is 12.2 Å². The lowest BCUT2D eigenvalue weighted by molar-refractivity contribution is -0.123. The van der Waals surface area contributed by atoms with Gasteiger partial charge in [-0.3, -0.25) is 4.79 Å². The highest BCUT2D eigenvalue weighted by Crippen LogP contribution is 2.28. The number of hydrogen-bond donors (Lipinski definition) is 2. The van der Waals surface area contributed by atoms with Crippen LogP contribution in [0.15, 0.2) is 0 Å². The van der Waals surface area contributed by atoms with Crippen LogP contribution in [0.2, 0.25) is 0 Å². The van der Waals surface area contributed by atoms with Gasteiger partial charge in [0.1, 0.15) is 0 Å². The maximum atomic E-state index is 12.3. The van der Waals surface area contributed by atoms with E-state index in [1.165, 1.54) is 19.3 Å². The van der Waals surface area contributed by atoms with Gasteiger partial charge in [0, 0.05) is 13.0 Å². The topological polar surface area (TPSA) is 64.3 Å². The van der Waals surface area contributed by atoms with Crippen LogP contribution < -0.4 is 11.1 Å². The summed E-state index contributed by atoms with van der Waals surface area (Å²) >= 11 is 5.25. The Hall–Kier alpha value is -0.680. The third kappa shape index (κ3) is 4.92. The first-order valence-electron chi connectivity index (χ1n) is 8.35. The fraction of sp³-hybridized carbons (Fsp3) is 0.875. The molecule has 0 aromatic rings. The SMILES string of the molecule is NC(=S)C1(NC(=O)CCC2CCCCO2)CCCCCC1. The Kier molecular flexibility index (Phi) is 6.42. The maximum absolute atomic E-state index is 12.3. The fourth-order valence-corrected chi connectivity index (χ4v) is 3.68. The molecule has 21 heavy (non-hydrogen) atoms. The number of amides is 1. The predicted octanol–water partition coefficient (Wildman–Crippen LogP) is 2.83. The van der Waals surface area contributed by atoms with Gasteiger partial charge in [0.15, 0.2) is 0 Å². The first-order valence-corrected chi connectivity index (χ1v) is 8.76. The second-order valence-corrected chi connectivity index (χ2v) is 6.88. The zero-order chi connectivity index (χ0) is 15.1. The number of ether oxygens (including phenoxy) is 1. The molecule has 0 spiro atoms. The van der Waals surface area contributed by atoms with Gasteiger partial charge in [-0.05, 0) is 38.5 Å². The van der Waals surface area contributed by atoms with Crippen molar-refractivity contribution in [2.75, 3.05) is 6.61 Å². The zero-order valence-corrected chi connectivity index (χ0v) is 13.7. The predicted molar refractivity (Wildman–Crippen MR) is 88.2 cm³/mol. The van der Waals surface area contributed by atoms with Gasteiger partial charge >= 0.3 is 0 Å². The molecule has 4 nitrogen and oxygen atoms in total.